The summed E-state index contributed by atoms with van der Waals surface area (Å²) in [5.74, 6) is 1.06. The third kappa shape index (κ3) is 3.01. The summed E-state index contributed by atoms with van der Waals surface area (Å²) in [7, 11) is 0. The minimum Gasteiger partial charge on any atom is -0.459 e. The highest BCUT2D eigenvalue weighted by Crippen LogP contribution is 2.27. The van der Waals surface area contributed by atoms with Crippen LogP contribution >= 0.6 is 11.6 Å². The average molecular weight is 393 g/mol. The molecule has 0 spiro atoms. The van der Waals surface area contributed by atoms with E-state index in [4.69, 9.17) is 21.0 Å². The Balaban J connectivity index is 1.33. The van der Waals surface area contributed by atoms with Crippen LogP contribution in [0.15, 0.2) is 65.3 Å². The van der Waals surface area contributed by atoms with E-state index in [2.05, 4.69) is 14.8 Å². The van der Waals surface area contributed by atoms with Gasteiger partial charge in [-0.2, -0.15) is 0 Å². The SMILES string of the molecule is O=C(Nc1ccc(N2CCn3c(nc4cc(Cl)ccc43)C2)cc1)c1ccco1. The topological polar surface area (TPSA) is 63.3 Å². The lowest BCUT2D eigenvalue weighted by molar-refractivity contribution is 0.0996. The number of nitrogens with one attached hydrogen (secondary N) is 1. The van der Waals surface area contributed by atoms with Gasteiger partial charge >= 0.3 is 0 Å². The molecular formula is C21H17ClN4O2. The summed E-state index contributed by atoms with van der Waals surface area (Å²) in [6.07, 6.45) is 1.48. The summed E-state index contributed by atoms with van der Waals surface area (Å²) in [6, 6.07) is 17.0. The maximum atomic E-state index is 12.1. The molecule has 1 aliphatic rings. The molecule has 1 N–H and O–H groups in total. The number of fused-ring (bicyclic) bond motifs is 3. The number of hydrogen-bond acceptors (Lipinski definition) is 4. The fourth-order valence-electron chi connectivity index (χ4n) is 3.57. The van der Waals surface area contributed by atoms with Crippen molar-refractivity contribution in [3.8, 4) is 0 Å². The number of nitrogens with zero attached hydrogens (tertiary/aromatic N) is 3. The highest BCUT2D eigenvalue weighted by atomic mass is 35.5. The van der Waals surface area contributed by atoms with Crippen LogP contribution in [0, 0.1) is 0 Å². The zero-order valence-corrected chi connectivity index (χ0v) is 15.7. The summed E-state index contributed by atoms with van der Waals surface area (Å²) in [4.78, 5) is 19.1. The Kier molecular flexibility index (Phi) is 4.06. The monoisotopic (exact) mass is 392 g/mol. The van der Waals surface area contributed by atoms with Crippen molar-refractivity contribution in [3.05, 3.63) is 77.5 Å². The fraction of sp³-hybridized carbons (Fsp3) is 0.143. The van der Waals surface area contributed by atoms with Crippen LogP contribution in [0.3, 0.4) is 0 Å². The van der Waals surface area contributed by atoms with E-state index in [1.54, 1.807) is 12.1 Å². The van der Waals surface area contributed by atoms with E-state index in [9.17, 15) is 4.79 Å². The van der Waals surface area contributed by atoms with Gasteiger partial charge in [0.2, 0.25) is 0 Å². The lowest BCUT2D eigenvalue weighted by Gasteiger charge is -2.30. The van der Waals surface area contributed by atoms with Gasteiger partial charge < -0.3 is 19.2 Å². The van der Waals surface area contributed by atoms with E-state index in [1.807, 2.05) is 42.5 Å². The number of hydrogen-bond donors (Lipinski definition) is 1. The van der Waals surface area contributed by atoms with Crippen molar-refractivity contribution in [2.75, 3.05) is 16.8 Å². The molecule has 4 aromatic rings. The van der Waals surface area contributed by atoms with Crippen LogP contribution in [-0.4, -0.2) is 22.0 Å². The van der Waals surface area contributed by atoms with Crippen LogP contribution in [-0.2, 0) is 13.1 Å². The predicted octanol–water partition coefficient (Wildman–Crippen LogP) is 4.56. The number of carbonyl (C=O) groups excluding carboxylic acids is 1. The second kappa shape index (κ2) is 6.73. The summed E-state index contributed by atoms with van der Waals surface area (Å²) < 4.78 is 7.36. The number of benzene rings is 2. The third-order valence-electron chi connectivity index (χ3n) is 4.95. The van der Waals surface area contributed by atoms with Crippen LogP contribution < -0.4 is 10.2 Å². The molecule has 28 heavy (non-hydrogen) atoms. The predicted molar refractivity (Wildman–Crippen MR) is 109 cm³/mol. The van der Waals surface area contributed by atoms with E-state index in [1.165, 1.54) is 6.26 Å². The molecule has 3 heterocycles. The van der Waals surface area contributed by atoms with E-state index < -0.39 is 0 Å². The molecule has 0 saturated carbocycles. The van der Waals surface area contributed by atoms with Crippen LogP contribution in [0.25, 0.3) is 11.0 Å². The second-order valence-electron chi connectivity index (χ2n) is 6.71. The maximum absolute atomic E-state index is 12.1. The molecule has 140 valence electrons. The normalized spacial score (nSPS) is 13.5. The Morgan fingerprint density at radius 2 is 1.96 bits per heavy atom. The van der Waals surface area contributed by atoms with Gasteiger partial charge in [-0.05, 0) is 54.6 Å². The molecule has 7 heteroatoms. The maximum Gasteiger partial charge on any atom is 0.291 e. The molecule has 5 rings (SSSR count). The van der Waals surface area contributed by atoms with Crippen molar-refractivity contribution in [2.45, 2.75) is 13.1 Å². The van der Waals surface area contributed by atoms with Crippen molar-refractivity contribution >= 4 is 39.9 Å². The molecule has 1 amide bonds. The number of anilines is 2. The molecule has 1 aliphatic heterocycles. The zero-order chi connectivity index (χ0) is 19.1. The number of furan rings is 1. The molecule has 0 bridgehead atoms. The Morgan fingerprint density at radius 1 is 1.11 bits per heavy atom. The van der Waals surface area contributed by atoms with Gasteiger partial charge in [0.25, 0.3) is 5.91 Å². The largest absolute Gasteiger partial charge is 0.459 e. The molecule has 6 nitrogen and oxygen atoms in total. The highest BCUT2D eigenvalue weighted by Gasteiger charge is 2.20. The van der Waals surface area contributed by atoms with E-state index in [-0.39, 0.29) is 5.91 Å². The van der Waals surface area contributed by atoms with Gasteiger partial charge in [-0.1, -0.05) is 11.6 Å². The molecule has 0 unspecified atom stereocenters. The van der Waals surface area contributed by atoms with Gasteiger partial charge in [0.15, 0.2) is 5.76 Å². The Morgan fingerprint density at radius 3 is 2.75 bits per heavy atom. The smallest absolute Gasteiger partial charge is 0.291 e. The fourth-order valence-corrected chi connectivity index (χ4v) is 3.74. The van der Waals surface area contributed by atoms with Gasteiger partial charge in [0, 0.05) is 29.5 Å². The molecule has 0 aliphatic carbocycles. The summed E-state index contributed by atoms with van der Waals surface area (Å²) in [6.45, 7) is 2.48. The molecule has 0 radical (unpaired) electrons. The third-order valence-corrected chi connectivity index (χ3v) is 5.19. The van der Waals surface area contributed by atoms with Gasteiger partial charge in [0.1, 0.15) is 5.82 Å². The Labute approximate surface area is 166 Å². The molecule has 0 fully saturated rings. The van der Waals surface area contributed by atoms with Crippen LogP contribution in [0.2, 0.25) is 5.02 Å². The van der Waals surface area contributed by atoms with Crippen molar-refractivity contribution in [3.63, 3.8) is 0 Å². The molecule has 2 aromatic carbocycles. The minimum atomic E-state index is -0.261. The average Bonchev–Trinajstić information content (AvgIpc) is 3.35. The number of rotatable bonds is 3. The van der Waals surface area contributed by atoms with Crippen molar-refractivity contribution in [1.82, 2.24) is 9.55 Å². The first-order chi connectivity index (χ1) is 13.7. The highest BCUT2D eigenvalue weighted by molar-refractivity contribution is 6.31. The standard InChI is InChI=1S/C21H17ClN4O2/c22-14-3-8-18-17(12-14)24-20-13-25(9-10-26(18)20)16-6-4-15(5-7-16)23-21(27)19-2-1-11-28-19/h1-8,11-12H,9-10,13H2,(H,23,27). The Hall–Kier alpha value is -3.25. The van der Waals surface area contributed by atoms with Crippen molar-refractivity contribution in [2.24, 2.45) is 0 Å². The second-order valence-corrected chi connectivity index (χ2v) is 7.15. The zero-order valence-electron chi connectivity index (χ0n) is 14.9. The van der Waals surface area contributed by atoms with Gasteiger partial charge in [0.05, 0.1) is 23.8 Å². The first-order valence-corrected chi connectivity index (χ1v) is 9.40. The molecule has 2 aromatic heterocycles. The lowest BCUT2D eigenvalue weighted by Crippen LogP contribution is -2.33. The van der Waals surface area contributed by atoms with E-state index in [0.29, 0.717) is 10.8 Å². The quantitative estimate of drug-likeness (QED) is 0.555. The lowest BCUT2D eigenvalue weighted by atomic mass is 10.2. The summed E-state index contributed by atoms with van der Waals surface area (Å²) >= 11 is 6.09. The number of amides is 1. The first-order valence-electron chi connectivity index (χ1n) is 9.02. The number of imidazole rings is 1. The van der Waals surface area contributed by atoms with Gasteiger partial charge in [-0.15, -0.1) is 0 Å². The van der Waals surface area contributed by atoms with Crippen molar-refractivity contribution < 1.29 is 9.21 Å². The first kappa shape index (κ1) is 16.9. The minimum absolute atomic E-state index is 0.261. The Bertz CT molecular complexity index is 1150. The van der Waals surface area contributed by atoms with Gasteiger partial charge in [-0.25, -0.2) is 4.98 Å². The van der Waals surface area contributed by atoms with Crippen LogP contribution in [0.4, 0.5) is 11.4 Å². The number of carbonyl (C=O) groups is 1. The van der Waals surface area contributed by atoms with Crippen LogP contribution in [0.1, 0.15) is 16.4 Å². The summed E-state index contributed by atoms with van der Waals surface area (Å²) in [5.41, 5.74) is 3.87. The van der Waals surface area contributed by atoms with Crippen molar-refractivity contribution in [1.29, 1.82) is 0 Å². The molecular weight excluding hydrogens is 376 g/mol. The summed E-state index contributed by atoms with van der Waals surface area (Å²) in [5, 5.41) is 3.53. The number of halogens is 1. The van der Waals surface area contributed by atoms with Gasteiger partial charge in [-0.3, -0.25) is 4.79 Å². The van der Waals surface area contributed by atoms with E-state index >= 15 is 0 Å². The van der Waals surface area contributed by atoms with E-state index in [0.717, 1.165) is 47.9 Å². The number of aromatic nitrogens is 2. The molecule has 0 atom stereocenters. The molecule has 0 saturated heterocycles. The van der Waals surface area contributed by atoms with Crippen LogP contribution in [0.5, 0.6) is 0 Å².